The average Bonchev–Trinajstić information content (AvgIpc) is 3.16. The van der Waals surface area contributed by atoms with Gasteiger partial charge in [-0.1, -0.05) is 12.1 Å². The molecule has 132 valence electrons. The smallest absolute Gasteiger partial charge is 0.265 e. The summed E-state index contributed by atoms with van der Waals surface area (Å²) in [6.45, 7) is 4.54. The maximum Gasteiger partial charge on any atom is 0.265 e. The molecule has 3 aromatic rings. The highest BCUT2D eigenvalue weighted by Crippen LogP contribution is 2.18. The molecule has 2 heterocycles. The van der Waals surface area contributed by atoms with Gasteiger partial charge in [0.05, 0.1) is 24.1 Å². The maximum atomic E-state index is 12.9. The standard InChI is InChI=1S/C16H18FN5O2S/c1-3-21-11-16(12(2)19-21)25(23,24)20-15-8-18-22(10-15)9-13-4-6-14(17)7-5-13/h4-8,10-11,20H,3,9H2,1-2H3. The fraction of sp³-hybridized carbons (Fsp3) is 0.250. The molecule has 0 saturated carbocycles. The van der Waals surface area contributed by atoms with Crippen molar-refractivity contribution in [1.29, 1.82) is 0 Å². The number of rotatable bonds is 6. The van der Waals surface area contributed by atoms with Crippen molar-refractivity contribution in [2.45, 2.75) is 31.8 Å². The lowest BCUT2D eigenvalue weighted by Gasteiger charge is -2.04. The van der Waals surface area contributed by atoms with E-state index in [-0.39, 0.29) is 10.7 Å². The van der Waals surface area contributed by atoms with Gasteiger partial charge in [-0.3, -0.25) is 14.1 Å². The molecule has 0 aliphatic carbocycles. The van der Waals surface area contributed by atoms with Crippen LogP contribution in [0.2, 0.25) is 0 Å². The first kappa shape index (κ1) is 17.2. The van der Waals surface area contributed by atoms with Gasteiger partial charge in [0.25, 0.3) is 10.0 Å². The third kappa shape index (κ3) is 3.87. The number of halogens is 1. The number of anilines is 1. The van der Waals surface area contributed by atoms with Gasteiger partial charge in [0.2, 0.25) is 0 Å². The first-order chi connectivity index (χ1) is 11.9. The molecule has 0 bridgehead atoms. The molecule has 0 radical (unpaired) electrons. The normalized spacial score (nSPS) is 11.6. The number of nitrogens with zero attached hydrogens (tertiary/aromatic N) is 4. The quantitative estimate of drug-likeness (QED) is 0.729. The van der Waals surface area contributed by atoms with Crippen molar-refractivity contribution in [1.82, 2.24) is 19.6 Å². The molecule has 0 amide bonds. The Bertz CT molecular complexity index is 976. The van der Waals surface area contributed by atoms with Gasteiger partial charge >= 0.3 is 0 Å². The Labute approximate surface area is 145 Å². The fourth-order valence-electron chi connectivity index (χ4n) is 2.42. The Morgan fingerprint density at radius 2 is 1.88 bits per heavy atom. The Kier molecular flexibility index (Phi) is 4.58. The van der Waals surface area contributed by atoms with Crippen LogP contribution in [0.15, 0.2) is 47.8 Å². The number of hydrogen-bond acceptors (Lipinski definition) is 4. The van der Waals surface area contributed by atoms with Crippen LogP contribution >= 0.6 is 0 Å². The number of aryl methyl sites for hydroxylation is 2. The summed E-state index contributed by atoms with van der Waals surface area (Å²) in [5, 5.41) is 8.28. The van der Waals surface area contributed by atoms with Crippen LogP contribution in [0, 0.1) is 12.7 Å². The molecule has 1 aromatic carbocycles. The van der Waals surface area contributed by atoms with Crippen LogP contribution in [0.3, 0.4) is 0 Å². The second-order valence-electron chi connectivity index (χ2n) is 5.59. The van der Waals surface area contributed by atoms with Gasteiger partial charge in [0.1, 0.15) is 10.7 Å². The summed E-state index contributed by atoms with van der Waals surface area (Å²) in [4.78, 5) is 0.139. The molecule has 7 nitrogen and oxygen atoms in total. The molecule has 25 heavy (non-hydrogen) atoms. The second kappa shape index (κ2) is 6.67. The summed E-state index contributed by atoms with van der Waals surface area (Å²) in [6.07, 6.45) is 4.52. The Balaban J connectivity index is 1.76. The average molecular weight is 363 g/mol. The molecule has 2 aromatic heterocycles. The third-order valence-electron chi connectivity index (χ3n) is 3.66. The third-order valence-corrected chi connectivity index (χ3v) is 5.14. The van der Waals surface area contributed by atoms with Crippen LogP contribution in [-0.4, -0.2) is 28.0 Å². The molecule has 0 aliphatic rings. The molecular weight excluding hydrogens is 345 g/mol. The van der Waals surface area contributed by atoms with Crippen molar-refractivity contribution >= 4 is 15.7 Å². The van der Waals surface area contributed by atoms with Crippen LogP contribution in [0.1, 0.15) is 18.2 Å². The van der Waals surface area contributed by atoms with Crippen molar-refractivity contribution in [3.05, 3.63) is 59.9 Å². The van der Waals surface area contributed by atoms with Crippen molar-refractivity contribution in [2.24, 2.45) is 0 Å². The highest BCUT2D eigenvalue weighted by atomic mass is 32.2. The summed E-state index contributed by atoms with van der Waals surface area (Å²) in [6, 6.07) is 6.06. The molecule has 0 fully saturated rings. The molecule has 0 saturated heterocycles. The number of aromatic nitrogens is 4. The highest BCUT2D eigenvalue weighted by molar-refractivity contribution is 7.92. The first-order valence-electron chi connectivity index (χ1n) is 7.71. The fourth-order valence-corrected chi connectivity index (χ4v) is 3.63. The summed E-state index contributed by atoms with van der Waals surface area (Å²) in [5.41, 5.74) is 1.65. The maximum absolute atomic E-state index is 12.9. The minimum atomic E-state index is -3.73. The molecule has 0 atom stereocenters. The van der Waals surface area contributed by atoms with Crippen molar-refractivity contribution in [2.75, 3.05) is 4.72 Å². The zero-order chi connectivity index (χ0) is 18.0. The van der Waals surface area contributed by atoms with E-state index in [1.54, 1.807) is 34.6 Å². The van der Waals surface area contributed by atoms with Gasteiger partial charge in [0.15, 0.2) is 0 Å². The Morgan fingerprint density at radius 1 is 1.16 bits per heavy atom. The molecule has 0 aliphatic heterocycles. The SMILES string of the molecule is CCn1cc(S(=O)(=O)Nc2cnn(Cc3ccc(F)cc3)c2)c(C)n1. The van der Waals surface area contributed by atoms with Crippen LogP contribution in [0.25, 0.3) is 0 Å². The first-order valence-corrected chi connectivity index (χ1v) is 9.19. The Morgan fingerprint density at radius 3 is 2.52 bits per heavy atom. The molecule has 9 heteroatoms. The largest absolute Gasteiger partial charge is 0.276 e. The van der Waals surface area contributed by atoms with Gasteiger partial charge in [-0.15, -0.1) is 0 Å². The molecule has 1 N–H and O–H groups in total. The van der Waals surface area contributed by atoms with Crippen molar-refractivity contribution < 1.29 is 12.8 Å². The van der Waals surface area contributed by atoms with E-state index in [0.717, 1.165) is 5.56 Å². The zero-order valence-electron chi connectivity index (χ0n) is 13.8. The summed E-state index contributed by atoms with van der Waals surface area (Å²) in [5.74, 6) is -0.305. The predicted molar refractivity (Wildman–Crippen MR) is 91.2 cm³/mol. The van der Waals surface area contributed by atoms with Crippen molar-refractivity contribution in [3.63, 3.8) is 0 Å². The van der Waals surface area contributed by atoms with E-state index < -0.39 is 10.0 Å². The second-order valence-corrected chi connectivity index (χ2v) is 7.24. The number of benzene rings is 1. The van der Waals surface area contributed by atoms with Gasteiger partial charge in [0, 0.05) is 18.9 Å². The zero-order valence-corrected chi connectivity index (χ0v) is 14.7. The van der Waals surface area contributed by atoms with E-state index in [4.69, 9.17) is 0 Å². The highest BCUT2D eigenvalue weighted by Gasteiger charge is 2.20. The van der Waals surface area contributed by atoms with Gasteiger partial charge in [-0.05, 0) is 31.5 Å². The number of sulfonamides is 1. The van der Waals surface area contributed by atoms with Crippen LogP contribution in [-0.2, 0) is 23.1 Å². The molecular formula is C16H18FN5O2S. The lowest BCUT2D eigenvalue weighted by atomic mass is 10.2. The van der Waals surface area contributed by atoms with E-state index in [0.29, 0.717) is 24.5 Å². The van der Waals surface area contributed by atoms with E-state index in [1.165, 1.54) is 24.5 Å². The number of hydrogen-bond donors (Lipinski definition) is 1. The van der Waals surface area contributed by atoms with E-state index in [1.807, 2.05) is 6.92 Å². The van der Waals surface area contributed by atoms with Gasteiger partial charge < -0.3 is 0 Å². The lowest BCUT2D eigenvalue weighted by Crippen LogP contribution is -2.13. The predicted octanol–water partition coefficient (Wildman–Crippen LogP) is 2.40. The molecule has 0 spiro atoms. The lowest BCUT2D eigenvalue weighted by molar-refractivity contribution is 0.600. The van der Waals surface area contributed by atoms with Crippen LogP contribution in [0.5, 0.6) is 0 Å². The number of nitrogens with one attached hydrogen (secondary N) is 1. The minimum absolute atomic E-state index is 0.139. The summed E-state index contributed by atoms with van der Waals surface area (Å²) < 4.78 is 43.6. The van der Waals surface area contributed by atoms with E-state index in [2.05, 4.69) is 14.9 Å². The van der Waals surface area contributed by atoms with E-state index >= 15 is 0 Å². The topological polar surface area (TPSA) is 81.8 Å². The molecule has 3 rings (SSSR count). The van der Waals surface area contributed by atoms with Crippen LogP contribution < -0.4 is 4.72 Å². The van der Waals surface area contributed by atoms with Crippen molar-refractivity contribution in [3.8, 4) is 0 Å². The summed E-state index contributed by atoms with van der Waals surface area (Å²) >= 11 is 0. The minimum Gasteiger partial charge on any atom is -0.276 e. The summed E-state index contributed by atoms with van der Waals surface area (Å²) in [7, 11) is -3.73. The van der Waals surface area contributed by atoms with Gasteiger partial charge in [-0.25, -0.2) is 12.8 Å². The van der Waals surface area contributed by atoms with Crippen LogP contribution in [0.4, 0.5) is 10.1 Å². The van der Waals surface area contributed by atoms with E-state index in [9.17, 15) is 12.8 Å². The Hall–Kier alpha value is -2.68. The molecule has 0 unspecified atom stereocenters. The van der Waals surface area contributed by atoms with Gasteiger partial charge in [-0.2, -0.15) is 10.2 Å². The monoisotopic (exact) mass is 363 g/mol.